The van der Waals surface area contributed by atoms with Crippen molar-refractivity contribution in [2.24, 2.45) is 0 Å². The largest absolute Gasteiger partial charge is 0.476 e. The number of anilines is 1. The molecule has 2 atom stereocenters. The number of carbonyl (C=O) groups is 1. The predicted molar refractivity (Wildman–Crippen MR) is 108 cm³/mol. The van der Waals surface area contributed by atoms with Crippen LogP contribution in [0, 0.1) is 6.92 Å². The predicted octanol–water partition coefficient (Wildman–Crippen LogP) is 2.72. The molecule has 0 saturated carbocycles. The van der Waals surface area contributed by atoms with E-state index in [9.17, 15) is 13.2 Å². The molecule has 4 rings (SSSR count). The Morgan fingerprint density at radius 3 is 2.79 bits per heavy atom. The van der Waals surface area contributed by atoms with Gasteiger partial charge in [0.1, 0.15) is 5.75 Å². The van der Waals surface area contributed by atoms with Crippen molar-refractivity contribution >= 4 is 21.6 Å². The zero-order chi connectivity index (χ0) is 19.9. The van der Waals surface area contributed by atoms with Gasteiger partial charge in [-0.1, -0.05) is 30.3 Å². The van der Waals surface area contributed by atoms with Crippen LogP contribution in [0.5, 0.6) is 5.75 Å². The number of amides is 1. The molecule has 0 radical (unpaired) electrons. The first-order chi connectivity index (χ1) is 13.3. The van der Waals surface area contributed by atoms with Gasteiger partial charge < -0.3 is 10.1 Å². The number of aryl methyl sites for hydroxylation is 2. The van der Waals surface area contributed by atoms with Gasteiger partial charge in [-0.25, -0.2) is 8.42 Å². The molecule has 7 heteroatoms. The van der Waals surface area contributed by atoms with E-state index in [0.717, 1.165) is 36.6 Å². The van der Waals surface area contributed by atoms with Crippen LogP contribution in [0.4, 0.5) is 5.69 Å². The maximum atomic E-state index is 13.0. The van der Waals surface area contributed by atoms with E-state index >= 15 is 0 Å². The van der Waals surface area contributed by atoms with E-state index in [1.807, 2.05) is 31.2 Å². The third-order valence-corrected chi connectivity index (χ3v) is 6.51. The summed E-state index contributed by atoms with van der Waals surface area (Å²) in [4.78, 5) is 13.0. The second-order valence-corrected chi connectivity index (χ2v) is 9.43. The van der Waals surface area contributed by atoms with E-state index in [-0.39, 0.29) is 18.5 Å². The Morgan fingerprint density at radius 2 is 2.00 bits per heavy atom. The molecule has 1 N–H and O–H groups in total. The number of fused-ring (bicyclic) bond motifs is 2. The van der Waals surface area contributed by atoms with Crippen LogP contribution in [0.2, 0.25) is 0 Å². The SMILES string of the molecule is Cc1ccc2c(c1)N(S(C)(=O)=O)C[C@H](C(=O)N[C@H]1CCCc3ccccc31)O2. The minimum absolute atomic E-state index is 0.0323. The first kappa shape index (κ1) is 18.8. The number of carbonyl (C=O) groups excluding carboxylic acids is 1. The maximum absolute atomic E-state index is 13.0. The van der Waals surface area contributed by atoms with Crippen LogP contribution in [0.25, 0.3) is 0 Å². The highest BCUT2D eigenvalue weighted by atomic mass is 32.2. The van der Waals surface area contributed by atoms with Crippen LogP contribution in [-0.2, 0) is 21.2 Å². The third-order valence-electron chi connectivity index (χ3n) is 5.36. The number of nitrogens with zero attached hydrogens (tertiary/aromatic N) is 1. The molecule has 0 bridgehead atoms. The second-order valence-electron chi connectivity index (χ2n) is 7.52. The van der Waals surface area contributed by atoms with Crippen molar-refractivity contribution in [2.75, 3.05) is 17.1 Å². The van der Waals surface area contributed by atoms with Gasteiger partial charge in [0.05, 0.1) is 24.5 Å². The van der Waals surface area contributed by atoms with Gasteiger partial charge in [-0.2, -0.15) is 0 Å². The molecular weight excluding hydrogens is 376 g/mol. The van der Waals surface area contributed by atoms with Gasteiger partial charge in [0.15, 0.2) is 6.10 Å². The zero-order valence-electron chi connectivity index (χ0n) is 16.0. The lowest BCUT2D eigenvalue weighted by atomic mass is 9.87. The molecule has 0 aromatic heterocycles. The summed E-state index contributed by atoms with van der Waals surface area (Å²) >= 11 is 0. The summed E-state index contributed by atoms with van der Waals surface area (Å²) in [5.74, 6) is 0.119. The fraction of sp³-hybridized carbons (Fsp3) is 0.381. The molecule has 2 aromatic rings. The van der Waals surface area contributed by atoms with E-state index in [0.29, 0.717) is 11.4 Å². The molecular formula is C21H24N2O4S. The van der Waals surface area contributed by atoms with Crippen LogP contribution < -0.4 is 14.4 Å². The zero-order valence-corrected chi connectivity index (χ0v) is 16.8. The normalized spacial score (nSPS) is 21.3. The third kappa shape index (κ3) is 3.58. The molecule has 1 amide bonds. The van der Waals surface area contributed by atoms with Crippen molar-refractivity contribution in [1.82, 2.24) is 5.32 Å². The standard InChI is InChI=1S/C21H24N2O4S/c1-14-10-11-19-18(12-14)23(28(2,25)26)13-20(27-19)21(24)22-17-9-5-7-15-6-3-4-8-16(15)17/h3-4,6,8,10-12,17,20H,5,7,9,13H2,1-2H3,(H,22,24)/t17-,20+/m0/s1. The Bertz CT molecular complexity index is 1020. The number of hydrogen-bond donors (Lipinski definition) is 1. The first-order valence-corrected chi connectivity index (χ1v) is 11.3. The summed E-state index contributed by atoms with van der Waals surface area (Å²) in [7, 11) is -3.53. The fourth-order valence-corrected chi connectivity index (χ4v) is 4.89. The van der Waals surface area contributed by atoms with Crippen molar-refractivity contribution < 1.29 is 17.9 Å². The van der Waals surface area contributed by atoms with Crippen LogP contribution in [0.15, 0.2) is 42.5 Å². The molecule has 1 heterocycles. The number of ether oxygens (including phenoxy) is 1. The van der Waals surface area contributed by atoms with Gasteiger partial charge in [0.2, 0.25) is 10.0 Å². The molecule has 6 nitrogen and oxygen atoms in total. The average molecular weight is 401 g/mol. The second kappa shape index (κ2) is 7.13. The number of nitrogens with one attached hydrogen (secondary N) is 1. The highest BCUT2D eigenvalue weighted by Crippen LogP contribution is 2.36. The van der Waals surface area contributed by atoms with Crippen LogP contribution in [-0.4, -0.2) is 33.2 Å². The van der Waals surface area contributed by atoms with Crippen LogP contribution in [0.1, 0.15) is 35.6 Å². The molecule has 2 aromatic carbocycles. The monoisotopic (exact) mass is 400 g/mol. The van der Waals surface area contributed by atoms with Crippen molar-refractivity contribution in [3.63, 3.8) is 0 Å². The molecule has 0 spiro atoms. The first-order valence-electron chi connectivity index (χ1n) is 9.46. The topological polar surface area (TPSA) is 75.7 Å². The van der Waals surface area contributed by atoms with E-state index in [1.165, 1.54) is 9.87 Å². The van der Waals surface area contributed by atoms with E-state index in [4.69, 9.17) is 4.74 Å². The van der Waals surface area contributed by atoms with Gasteiger partial charge in [-0.05, 0) is 55.0 Å². The van der Waals surface area contributed by atoms with E-state index in [2.05, 4.69) is 11.4 Å². The van der Waals surface area contributed by atoms with Gasteiger partial charge in [-0.15, -0.1) is 0 Å². The lowest BCUT2D eigenvalue weighted by Crippen LogP contribution is -2.51. The molecule has 1 aliphatic carbocycles. The van der Waals surface area contributed by atoms with E-state index < -0.39 is 16.1 Å². The lowest BCUT2D eigenvalue weighted by Gasteiger charge is -2.35. The highest BCUT2D eigenvalue weighted by molar-refractivity contribution is 7.92. The Kier molecular flexibility index (Phi) is 4.79. The molecule has 1 aliphatic heterocycles. The minimum Gasteiger partial charge on any atom is -0.476 e. The summed E-state index contributed by atoms with van der Waals surface area (Å²) in [6.45, 7) is 1.86. The highest BCUT2D eigenvalue weighted by Gasteiger charge is 2.36. The minimum atomic E-state index is -3.53. The van der Waals surface area contributed by atoms with Crippen molar-refractivity contribution in [1.29, 1.82) is 0 Å². The van der Waals surface area contributed by atoms with Crippen molar-refractivity contribution in [2.45, 2.75) is 38.3 Å². The smallest absolute Gasteiger partial charge is 0.263 e. The number of sulfonamides is 1. The number of benzene rings is 2. The van der Waals surface area contributed by atoms with Gasteiger partial charge in [0, 0.05) is 0 Å². The van der Waals surface area contributed by atoms with Gasteiger partial charge >= 0.3 is 0 Å². The molecule has 0 saturated heterocycles. The van der Waals surface area contributed by atoms with Crippen LogP contribution in [0.3, 0.4) is 0 Å². The fourth-order valence-electron chi connectivity index (χ4n) is 3.98. The quantitative estimate of drug-likeness (QED) is 0.860. The van der Waals surface area contributed by atoms with Gasteiger partial charge in [-0.3, -0.25) is 9.10 Å². The molecule has 28 heavy (non-hydrogen) atoms. The molecule has 2 aliphatic rings. The summed E-state index contributed by atoms with van der Waals surface area (Å²) in [6, 6.07) is 13.4. The Balaban J connectivity index is 1.58. The van der Waals surface area contributed by atoms with Crippen molar-refractivity contribution in [3.05, 3.63) is 59.2 Å². The summed E-state index contributed by atoms with van der Waals surface area (Å²) in [5.41, 5.74) is 3.79. The summed E-state index contributed by atoms with van der Waals surface area (Å²) in [6.07, 6.45) is 3.14. The summed E-state index contributed by atoms with van der Waals surface area (Å²) < 4.78 is 31.8. The lowest BCUT2D eigenvalue weighted by molar-refractivity contribution is -0.128. The molecule has 148 valence electrons. The number of hydrogen-bond acceptors (Lipinski definition) is 4. The maximum Gasteiger partial charge on any atom is 0.263 e. The Hall–Kier alpha value is -2.54. The Morgan fingerprint density at radius 1 is 1.21 bits per heavy atom. The van der Waals surface area contributed by atoms with Gasteiger partial charge in [0.25, 0.3) is 5.91 Å². The van der Waals surface area contributed by atoms with Crippen LogP contribution >= 0.6 is 0 Å². The Labute approximate surface area is 165 Å². The number of rotatable bonds is 3. The molecule has 0 fully saturated rings. The van der Waals surface area contributed by atoms with Crippen molar-refractivity contribution in [3.8, 4) is 5.75 Å². The average Bonchev–Trinajstić information content (AvgIpc) is 2.66. The molecule has 0 unspecified atom stereocenters. The summed E-state index contributed by atoms with van der Waals surface area (Å²) in [5, 5.41) is 3.07. The van der Waals surface area contributed by atoms with E-state index in [1.54, 1.807) is 12.1 Å².